The molecule has 0 radical (unpaired) electrons. The fourth-order valence-electron chi connectivity index (χ4n) is 2.04. The van der Waals surface area contributed by atoms with Crippen LogP contribution in [0.2, 0.25) is 0 Å². The smallest absolute Gasteiger partial charge is 0.354 e. The van der Waals surface area contributed by atoms with Crippen molar-refractivity contribution in [2.24, 2.45) is 0 Å². The summed E-state index contributed by atoms with van der Waals surface area (Å²) >= 11 is 0. The number of aromatic carboxylic acids is 1. The number of pyridine rings is 1. The van der Waals surface area contributed by atoms with Crippen LogP contribution in [0.5, 0.6) is 5.88 Å². The molecule has 19 heavy (non-hydrogen) atoms. The molecular weight excluding hydrogens is 254 g/mol. The summed E-state index contributed by atoms with van der Waals surface area (Å²) in [5.41, 5.74) is -1.60. The number of hydrogen-bond donors (Lipinski definition) is 2. The monoisotopic (exact) mass is 267 g/mol. The molecule has 1 unspecified atom stereocenters. The Kier molecular flexibility index (Phi) is 3.15. The highest BCUT2D eigenvalue weighted by Crippen LogP contribution is 2.38. The van der Waals surface area contributed by atoms with E-state index in [0.29, 0.717) is 5.56 Å². The SMILES string of the molecule is CCC1(O)C(=O)OCc2c1cc(C(=O)O)nc2OC. The number of carboxylic acid groups (broad SMARTS) is 1. The normalized spacial score (nSPS) is 21.5. The van der Waals surface area contributed by atoms with Gasteiger partial charge in [-0.2, -0.15) is 0 Å². The van der Waals surface area contributed by atoms with Gasteiger partial charge in [-0.1, -0.05) is 6.92 Å². The summed E-state index contributed by atoms with van der Waals surface area (Å²) in [4.78, 5) is 26.5. The van der Waals surface area contributed by atoms with Crippen molar-refractivity contribution in [2.45, 2.75) is 25.6 Å². The van der Waals surface area contributed by atoms with Gasteiger partial charge in [0.25, 0.3) is 0 Å². The number of ether oxygens (including phenoxy) is 2. The number of hydrogen-bond acceptors (Lipinski definition) is 6. The summed E-state index contributed by atoms with van der Waals surface area (Å²) in [6.07, 6.45) is 0.0606. The van der Waals surface area contributed by atoms with Crippen LogP contribution in [0.3, 0.4) is 0 Å². The Morgan fingerprint density at radius 2 is 2.32 bits per heavy atom. The molecule has 1 aromatic heterocycles. The maximum absolute atomic E-state index is 11.7. The van der Waals surface area contributed by atoms with Gasteiger partial charge in [-0.05, 0) is 12.5 Å². The Bertz CT molecular complexity index is 555. The minimum atomic E-state index is -1.87. The van der Waals surface area contributed by atoms with Gasteiger partial charge in [0, 0.05) is 5.56 Å². The molecule has 1 atom stereocenters. The van der Waals surface area contributed by atoms with Crippen LogP contribution >= 0.6 is 0 Å². The van der Waals surface area contributed by atoms with Gasteiger partial charge in [-0.3, -0.25) is 0 Å². The van der Waals surface area contributed by atoms with E-state index < -0.39 is 17.5 Å². The summed E-state index contributed by atoms with van der Waals surface area (Å²) in [7, 11) is 1.33. The predicted octanol–water partition coefficient (Wildman–Crippen LogP) is 0.443. The number of aliphatic hydroxyl groups is 1. The van der Waals surface area contributed by atoms with Crippen LogP contribution in [-0.4, -0.2) is 34.2 Å². The summed E-state index contributed by atoms with van der Waals surface area (Å²) < 4.78 is 9.90. The second-order valence-electron chi connectivity index (χ2n) is 4.14. The topological polar surface area (TPSA) is 106 Å². The van der Waals surface area contributed by atoms with Crippen molar-refractivity contribution in [3.63, 3.8) is 0 Å². The number of aromatic nitrogens is 1. The van der Waals surface area contributed by atoms with E-state index in [4.69, 9.17) is 14.6 Å². The van der Waals surface area contributed by atoms with Crippen LogP contribution in [0.25, 0.3) is 0 Å². The van der Waals surface area contributed by atoms with Crippen LogP contribution in [0.4, 0.5) is 0 Å². The lowest BCUT2D eigenvalue weighted by molar-refractivity contribution is -0.172. The number of carbonyl (C=O) groups excluding carboxylic acids is 1. The van der Waals surface area contributed by atoms with Crippen molar-refractivity contribution in [3.05, 3.63) is 22.9 Å². The molecule has 0 spiro atoms. The first-order chi connectivity index (χ1) is 8.93. The molecule has 2 rings (SSSR count). The summed E-state index contributed by atoms with van der Waals surface area (Å²) in [5, 5.41) is 19.4. The molecule has 1 aromatic rings. The van der Waals surface area contributed by atoms with E-state index in [9.17, 15) is 14.7 Å². The third-order valence-corrected chi connectivity index (χ3v) is 3.14. The second kappa shape index (κ2) is 4.51. The number of fused-ring (bicyclic) bond motifs is 1. The Labute approximate surface area is 108 Å². The van der Waals surface area contributed by atoms with Gasteiger partial charge in [-0.15, -0.1) is 0 Å². The van der Waals surface area contributed by atoms with Gasteiger partial charge < -0.3 is 19.7 Å². The van der Waals surface area contributed by atoms with Crippen molar-refractivity contribution < 1.29 is 29.3 Å². The maximum atomic E-state index is 11.7. The van der Waals surface area contributed by atoms with E-state index in [1.807, 2.05) is 0 Å². The highest BCUT2D eigenvalue weighted by Gasteiger charge is 2.44. The van der Waals surface area contributed by atoms with E-state index in [-0.39, 0.29) is 30.2 Å². The van der Waals surface area contributed by atoms with Crippen molar-refractivity contribution in [1.29, 1.82) is 0 Å². The van der Waals surface area contributed by atoms with Gasteiger partial charge in [0.15, 0.2) is 11.3 Å². The molecule has 2 N–H and O–H groups in total. The molecule has 0 saturated carbocycles. The molecule has 7 nitrogen and oxygen atoms in total. The first kappa shape index (κ1) is 13.3. The quantitative estimate of drug-likeness (QED) is 0.765. The fraction of sp³-hybridized carbons (Fsp3) is 0.417. The molecule has 1 aliphatic rings. The average Bonchev–Trinajstić information content (AvgIpc) is 2.41. The fourth-order valence-corrected chi connectivity index (χ4v) is 2.04. The molecule has 0 fully saturated rings. The third-order valence-electron chi connectivity index (χ3n) is 3.14. The first-order valence-corrected chi connectivity index (χ1v) is 5.65. The summed E-state index contributed by atoms with van der Waals surface area (Å²) in [5.74, 6) is -2.03. The van der Waals surface area contributed by atoms with Gasteiger partial charge in [0.1, 0.15) is 6.61 Å². The van der Waals surface area contributed by atoms with E-state index in [2.05, 4.69) is 4.98 Å². The van der Waals surface area contributed by atoms with Crippen LogP contribution in [0.1, 0.15) is 35.0 Å². The molecule has 102 valence electrons. The summed E-state index contributed by atoms with van der Waals surface area (Å²) in [6, 6.07) is 1.18. The zero-order valence-electron chi connectivity index (χ0n) is 10.5. The minimum Gasteiger partial charge on any atom is -0.481 e. The number of methoxy groups -OCH3 is 1. The van der Waals surface area contributed by atoms with E-state index in [0.717, 1.165) is 0 Å². The molecule has 2 heterocycles. The number of esters is 1. The zero-order valence-corrected chi connectivity index (χ0v) is 10.5. The van der Waals surface area contributed by atoms with Gasteiger partial charge in [0.05, 0.1) is 12.7 Å². The Hall–Kier alpha value is -2.15. The molecule has 0 aliphatic carbocycles. The summed E-state index contributed by atoms with van der Waals surface area (Å²) in [6.45, 7) is 1.50. The number of carbonyl (C=O) groups is 2. The largest absolute Gasteiger partial charge is 0.481 e. The van der Waals surface area contributed by atoms with Crippen molar-refractivity contribution in [1.82, 2.24) is 4.98 Å². The van der Waals surface area contributed by atoms with Crippen LogP contribution in [0, 0.1) is 0 Å². The second-order valence-corrected chi connectivity index (χ2v) is 4.14. The first-order valence-electron chi connectivity index (χ1n) is 5.65. The lowest BCUT2D eigenvalue weighted by atomic mass is 9.86. The number of carboxylic acids is 1. The lowest BCUT2D eigenvalue weighted by Gasteiger charge is -2.32. The van der Waals surface area contributed by atoms with Crippen LogP contribution < -0.4 is 4.74 Å². The Morgan fingerprint density at radius 3 is 2.84 bits per heavy atom. The molecule has 1 aliphatic heterocycles. The van der Waals surface area contributed by atoms with Gasteiger partial charge in [-0.25, -0.2) is 14.6 Å². The average molecular weight is 267 g/mol. The van der Waals surface area contributed by atoms with E-state index in [1.54, 1.807) is 6.92 Å². The van der Waals surface area contributed by atoms with Gasteiger partial charge in [0.2, 0.25) is 5.88 Å². The van der Waals surface area contributed by atoms with Crippen LogP contribution in [0.15, 0.2) is 6.07 Å². The highest BCUT2D eigenvalue weighted by atomic mass is 16.6. The minimum absolute atomic E-state index is 0.0364. The molecule has 0 aromatic carbocycles. The maximum Gasteiger partial charge on any atom is 0.354 e. The lowest BCUT2D eigenvalue weighted by Crippen LogP contribution is -2.41. The van der Waals surface area contributed by atoms with Crippen molar-refractivity contribution in [2.75, 3.05) is 7.11 Å². The number of rotatable bonds is 3. The Morgan fingerprint density at radius 1 is 1.63 bits per heavy atom. The van der Waals surface area contributed by atoms with Crippen molar-refractivity contribution in [3.8, 4) is 5.88 Å². The number of nitrogens with zero attached hydrogens (tertiary/aromatic N) is 1. The standard InChI is InChI=1S/C12H13NO6/c1-3-12(17)7-4-8(10(14)15)13-9(18-2)6(7)5-19-11(12)16/h4,17H,3,5H2,1-2H3,(H,14,15). The highest BCUT2D eigenvalue weighted by molar-refractivity contribution is 5.88. The third kappa shape index (κ3) is 1.91. The van der Waals surface area contributed by atoms with Gasteiger partial charge >= 0.3 is 11.9 Å². The Balaban J connectivity index is 2.72. The molecular formula is C12H13NO6. The zero-order chi connectivity index (χ0) is 14.2. The number of cyclic esters (lactones) is 1. The van der Waals surface area contributed by atoms with E-state index >= 15 is 0 Å². The molecule has 0 bridgehead atoms. The van der Waals surface area contributed by atoms with Crippen molar-refractivity contribution >= 4 is 11.9 Å². The molecule has 0 amide bonds. The predicted molar refractivity (Wildman–Crippen MR) is 61.7 cm³/mol. The molecule has 7 heteroatoms. The molecule has 0 saturated heterocycles. The van der Waals surface area contributed by atoms with Crippen LogP contribution in [-0.2, 0) is 21.7 Å². The van der Waals surface area contributed by atoms with E-state index in [1.165, 1.54) is 13.2 Å².